The molecule has 0 saturated heterocycles. The molecule has 0 heterocycles. The standard InChI is InChI=1S/C15H8F6O2/c16-9-8(10(17)12(19)13(20)11(9)18)6-23-15(21)14(22)7-4-2-1-3-5-7/h1-5,15H,6H2/t15-/m1/s1. The summed E-state index contributed by atoms with van der Waals surface area (Å²) in [6.45, 7) is -1.30. The molecule has 0 amide bonds. The molecule has 2 aromatic carbocycles. The quantitative estimate of drug-likeness (QED) is 0.356. The zero-order valence-corrected chi connectivity index (χ0v) is 11.3. The van der Waals surface area contributed by atoms with Gasteiger partial charge in [0.25, 0.3) is 6.36 Å². The first-order valence-electron chi connectivity index (χ1n) is 6.19. The van der Waals surface area contributed by atoms with Gasteiger partial charge in [0.2, 0.25) is 11.6 Å². The summed E-state index contributed by atoms with van der Waals surface area (Å²) in [5, 5.41) is 0. The predicted octanol–water partition coefficient (Wildman–Crippen LogP) is 4.08. The van der Waals surface area contributed by atoms with Gasteiger partial charge < -0.3 is 4.74 Å². The van der Waals surface area contributed by atoms with Crippen LogP contribution in [0.15, 0.2) is 30.3 Å². The van der Waals surface area contributed by atoms with Gasteiger partial charge >= 0.3 is 0 Å². The van der Waals surface area contributed by atoms with Crippen LogP contribution >= 0.6 is 0 Å². The van der Waals surface area contributed by atoms with Crippen molar-refractivity contribution in [1.82, 2.24) is 0 Å². The smallest absolute Gasteiger partial charge is 0.263 e. The lowest BCUT2D eigenvalue weighted by molar-refractivity contribution is -0.0315. The number of ether oxygens (including phenoxy) is 1. The fraction of sp³-hybridized carbons (Fsp3) is 0.133. The van der Waals surface area contributed by atoms with Gasteiger partial charge in [-0.1, -0.05) is 30.3 Å². The van der Waals surface area contributed by atoms with E-state index in [-0.39, 0.29) is 5.56 Å². The maximum absolute atomic E-state index is 13.6. The van der Waals surface area contributed by atoms with E-state index in [2.05, 4.69) is 4.74 Å². The number of carbonyl (C=O) groups is 1. The van der Waals surface area contributed by atoms with Crippen LogP contribution in [0, 0.1) is 29.1 Å². The molecular weight excluding hydrogens is 326 g/mol. The third-order valence-corrected chi connectivity index (χ3v) is 2.94. The molecule has 2 nitrogen and oxygen atoms in total. The van der Waals surface area contributed by atoms with Crippen molar-refractivity contribution >= 4 is 5.78 Å². The van der Waals surface area contributed by atoms with E-state index in [4.69, 9.17) is 0 Å². The second kappa shape index (κ2) is 6.82. The third kappa shape index (κ3) is 3.37. The van der Waals surface area contributed by atoms with Crippen LogP contribution in [0.4, 0.5) is 26.3 Å². The van der Waals surface area contributed by atoms with Gasteiger partial charge in [-0.25, -0.2) is 26.3 Å². The Labute approximate surface area is 126 Å². The van der Waals surface area contributed by atoms with Crippen molar-refractivity contribution in [2.75, 3.05) is 0 Å². The molecule has 0 radical (unpaired) electrons. The highest BCUT2D eigenvalue weighted by molar-refractivity contribution is 5.98. The van der Waals surface area contributed by atoms with Crippen molar-refractivity contribution in [3.63, 3.8) is 0 Å². The maximum atomic E-state index is 13.6. The minimum Gasteiger partial charge on any atom is -0.337 e. The van der Waals surface area contributed by atoms with E-state index in [0.717, 1.165) is 0 Å². The van der Waals surface area contributed by atoms with Crippen LogP contribution < -0.4 is 0 Å². The van der Waals surface area contributed by atoms with Gasteiger partial charge in [0.15, 0.2) is 23.3 Å². The topological polar surface area (TPSA) is 26.3 Å². The monoisotopic (exact) mass is 334 g/mol. The fourth-order valence-electron chi connectivity index (χ4n) is 1.74. The van der Waals surface area contributed by atoms with E-state index in [1.54, 1.807) is 6.07 Å². The number of hydrogen-bond donors (Lipinski definition) is 0. The summed E-state index contributed by atoms with van der Waals surface area (Å²) < 4.78 is 83.5. The molecule has 0 aromatic heterocycles. The average Bonchev–Trinajstić information content (AvgIpc) is 2.58. The molecule has 8 heteroatoms. The maximum Gasteiger partial charge on any atom is 0.263 e. The molecule has 0 N–H and O–H groups in total. The normalized spacial score (nSPS) is 12.3. The molecule has 2 rings (SSSR count). The summed E-state index contributed by atoms with van der Waals surface area (Å²) >= 11 is 0. The van der Waals surface area contributed by atoms with Crippen molar-refractivity contribution in [3.8, 4) is 0 Å². The minimum absolute atomic E-state index is 0.0718. The zero-order chi connectivity index (χ0) is 17.1. The molecule has 0 unspecified atom stereocenters. The Balaban J connectivity index is 2.17. The van der Waals surface area contributed by atoms with E-state index < -0.39 is 53.4 Å². The molecule has 0 bridgehead atoms. The molecule has 23 heavy (non-hydrogen) atoms. The third-order valence-electron chi connectivity index (χ3n) is 2.94. The lowest BCUT2D eigenvalue weighted by Gasteiger charge is -2.11. The zero-order valence-electron chi connectivity index (χ0n) is 11.3. The Bertz CT molecular complexity index is 703. The van der Waals surface area contributed by atoms with Crippen LogP contribution in [0.1, 0.15) is 15.9 Å². The predicted molar refractivity (Wildman–Crippen MR) is 66.7 cm³/mol. The highest BCUT2D eigenvalue weighted by Gasteiger charge is 2.27. The summed E-state index contributed by atoms with van der Waals surface area (Å²) in [4.78, 5) is 11.6. The van der Waals surface area contributed by atoms with Gasteiger partial charge in [0, 0.05) is 5.56 Å². The van der Waals surface area contributed by atoms with Crippen molar-refractivity contribution in [2.24, 2.45) is 0 Å². The Morgan fingerprint density at radius 1 is 0.870 bits per heavy atom. The first kappa shape index (κ1) is 17.0. The summed E-state index contributed by atoms with van der Waals surface area (Å²) in [5.74, 6) is -12.1. The molecular formula is C15H8F6O2. The number of rotatable bonds is 5. The van der Waals surface area contributed by atoms with Crippen molar-refractivity contribution < 1.29 is 35.9 Å². The largest absolute Gasteiger partial charge is 0.337 e. The summed E-state index contributed by atoms with van der Waals surface area (Å²) in [6, 6.07) is 7.01. The molecule has 0 saturated carbocycles. The number of ketones is 1. The van der Waals surface area contributed by atoms with Crippen LogP contribution in [0.2, 0.25) is 0 Å². The van der Waals surface area contributed by atoms with Crippen molar-refractivity contribution in [2.45, 2.75) is 13.0 Å². The Kier molecular flexibility index (Phi) is 5.05. The van der Waals surface area contributed by atoms with E-state index in [1.165, 1.54) is 24.3 Å². The Hall–Kier alpha value is -2.35. The average molecular weight is 334 g/mol. The number of halogens is 6. The Morgan fingerprint density at radius 2 is 1.35 bits per heavy atom. The van der Waals surface area contributed by atoms with Crippen molar-refractivity contribution in [3.05, 3.63) is 70.5 Å². The number of benzene rings is 2. The first-order chi connectivity index (χ1) is 10.8. The molecule has 0 fully saturated rings. The van der Waals surface area contributed by atoms with Crippen LogP contribution in [-0.2, 0) is 11.3 Å². The van der Waals surface area contributed by atoms with Crippen molar-refractivity contribution in [1.29, 1.82) is 0 Å². The van der Waals surface area contributed by atoms with E-state index in [9.17, 15) is 31.1 Å². The van der Waals surface area contributed by atoms with Gasteiger partial charge in [-0.05, 0) is 0 Å². The second-order valence-corrected chi connectivity index (χ2v) is 4.41. The Morgan fingerprint density at radius 3 is 1.87 bits per heavy atom. The molecule has 0 aliphatic heterocycles. The van der Waals surface area contributed by atoms with Gasteiger partial charge in [-0.3, -0.25) is 4.79 Å². The van der Waals surface area contributed by atoms with E-state index in [1.807, 2.05) is 0 Å². The van der Waals surface area contributed by atoms with Crippen LogP contribution in [-0.4, -0.2) is 12.1 Å². The SMILES string of the molecule is O=C(c1ccccc1)[C@H](F)OCc1c(F)c(F)c(F)c(F)c1F. The van der Waals surface area contributed by atoms with Crippen LogP contribution in [0.3, 0.4) is 0 Å². The summed E-state index contributed by atoms with van der Waals surface area (Å²) in [5.41, 5.74) is -1.43. The lowest BCUT2D eigenvalue weighted by Crippen LogP contribution is -2.20. The number of Topliss-reactive ketones (excluding diaryl/α,β-unsaturated/α-hetero) is 1. The van der Waals surface area contributed by atoms with Gasteiger partial charge in [0.1, 0.15) is 0 Å². The second-order valence-electron chi connectivity index (χ2n) is 4.41. The van der Waals surface area contributed by atoms with Gasteiger partial charge in [0.05, 0.1) is 12.2 Å². The van der Waals surface area contributed by atoms with Crippen LogP contribution in [0.25, 0.3) is 0 Å². The van der Waals surface area contributed by atoms with Gasteiger partial charge in [-0.15, -0.1) is 0 Å². The summed E-state index contributed by atoms with van der Waals surface area (Å²) in [7, 11) is 0. The number of alkyl halides is 1. The van der Waals surface area contributed by atoms with Gasteiger partial charge in [-0.2, -0.15) is 0 Å². The lowest BCUT2D eigenvalue weighted by atomic mass is 10.1. The molecule has 2 aromatic rings. The number of hydrogen-bond acceptors (Lipinski definition) is 2. The molecule has 0 aliphatic carbocycles. The fourth-order valence-corrected chi connectivity index (χ4v) is 1.74. The first-order valence-corrected chi connectivity index (χ1v) is 6.19. The van der Waals surface area contributed by atoms with Crippen LogP contribution in [0.5, 0.6) is 0 Å². The highest BCUT2D eigenvalue weighted by Crippen LogP contribution is 2.24. The number of carbonyl (C=O) groups excluding carboxylic acids is 1. The molecule has 122 valence electrons. The summed E-state index contributed by atoms with van der Waals surface area (Å²) in [6.07, 6.45) is -2.62. The van der Waals surface area contributed by atoms with E-state index in [0.29, 0.717) is 0 Å². The minimum atomic E-state index is -2.62. The molecule has 1 atom stereocenters. The molecule has 0 aliphatic rings. The highest BCUT2D eigenvalue weighted by atomic mass is 19.2. The molecule has 0 spiro atoms. The van der Waals surface area contributed by atoms with E-state index >= 15 is 0 Å².